The summed E-state index contributed by atoms with van der Waals surface area (Å²) in [7, 11) is 9.23. The maximum absolute atomic E-state index is 12.4. The number of nitrogens with one attached hydrogen (secondary N) is 4. The molecule has 0 atom stereocenters. The zero-order chi connectivity index (χ0) is 32.6. The lowest BCUT2D eigenvalue weighted by atomic mass is 10.1. The molecule has 5 aromatic rings. The van der Waals surface area contributed by atoms with Gasteiger partial charge in [-0.3, -0.25) is 4.79 Å². The molecule has 13 heteroatoms. The summed E-state index contributed by atoms with van der Waals surface area (Å²) >= 11 is 0. The lowest BCUT2D eigenvalue weighted by molar-refractivity contribution is -0.111. The van der Waals surface area contributed by atoms with Crippen molar-refractivity contribution in [2.24, 2.45) is 0 Å². The Morgan fingerprint density at radius 1 is 1.07 bits per heavy atom. The molecule has 0 saturated heterocycles. The summed E-state index contributed by atoms with van der Waals surface area (Å²) in [6.45, 7) is 6.24. The zero-order valence-corrected chi connectivity index (χ0v) is 26.7. The van der Waals surface area contributed by atoms with Crippen LogP contribution in [0, 0.1) is 0 Å². The number of H-pyrrole nitrogens is 1. The molecule has 4 N–H and O–H groups in total. The molecule has 2 aromatic carbocycles. The van der Waals surface area contributed by atoms with Crippen LogP contribution in [0.1, 0.15) is 0 Å². The molecule has 0 aliphatic carbocycles. The summed E-state index contributed by atoms with van der Waals surface area (Å²) in [6.07, 6.45) is 4.56. The molecule has 0 saturated carbocycles. The number of nitrogens with zero attached hydrogens (tertiary/aromatic N) is 5. The van der Waals surface area contributed by atoms with Crippen LogP contribution < -0.4 is 25.6 Å². The fourth-order valence-electron chi connectivity index (χ4n) is 4.81. The van der Waals surface area contributed by atoms with Crippen molar-refractivity contribution in [2.75, 3.05) is 82.5 Å². The molecule has 13 nitrogen and oxygen atoms in total. The summed E-state index contributed by atoms with van der Waals surface area (Å²) in [5.74, 6) is 1.12. The Labute approximate surface area is 267 Å². The standard InChI is InChI=1S/C33H39N9O4/c1-7-29(43)36-24-19-25(28(45-6)20-26(24)42(4)15-14-41(2)3)38-32-34-12-10-23(37-32)31-30(39-33(40-31)35-13-17-44-5)22-9-8-21-11-16-46-27(21)18-22/h7-12,16,18-20H,1,13-15,17H2,2-6H3,(H,36,43)(H,34,37,38)(H2,35,39,40). The van der Waals surface area contributed by atoms with E-state index in [1.54, 1.807) is 32.7 Å². The Kier molecular flexibility index (Phi) is 10.1. The number of ether oxygens (including phenoxy) is 2. The van der Waals surface area contributed by atoms with Crippen molar-refractivity contribution in [2.45, 2.75) is 0 Å². The van der Waals surface area contributed by atoms with Crippen LogP contribution in [-0.4, -0.2) is 92.3 Å². The van der Waals surface area contributed by atoms with Gasteiger partial charge in [0.25, 0.3) is 0 Å². The van der Waals surface area contributed by atoms with E-state index in [4.69, 9.17) is 23.9 Å². The number of fused-ring (bicyclic) bond motifs is 1. The summed E-state index contributed by atoms with van der Waals surface area (Å²) in [4.78, 5) is 34.0. The average Bonchev–Trinajstić information content (AvgIpc) is 3.71. The normalized spacial score (nSPS) is 11.1. The minimum absolute atomic E-state index is 0.321. The topological polar surface area (TPSA) is 146 Å². The van der Waals surface area contributed by atoms with E-state index >= 15 is 0 Å². The van der Waals surface area contributed by atoms with Crippen molar-refractivity contribution in [3.8, 4) is 28.4 Å². The summed E-state index contributed by atoms with van der Waals surface area (Å²) in [5.41, 5.74) is 5.56. The van der Waals surface area contributed by atoms with Gasteiger partial charge in [-0.05, 0) is 44.4 Å². The van der Waals surface area contributed by atoms with E-state index in [1.165, 1.54) is 6.08 Å². The average molecular weight is 626 g/mol. The first-order valence-corrected chi connectivity index (χ1v) is 14.7. The Morgan fingerprint density at radius 3 is 2.67 bits per heavy atom. The van der Waals surface area contributed by atoms with Crippen molar-refractivity contribution in [1.29, 1.82) is 0 Å². The quantitative estimate of drug-likeness (QED) is 0.0898. The van der Waals surface area contributed by atoms with Gasteiger partial charge in [0.1, 0.15) is 17.0 Å². The second-order valence-corrected chi connectivity index (χ2v) is 10.8. The molecule has 3 heterocycles. The fraction of sp³-hybridized carbons (Fsp3) is 0.273. The summed E-state index contributed by atoms with van der Waals surface area (Å²) in [6, 6.07) is 13.3. The third kappa shape index (κ3) is 7.45. The highest BCUT2D eigenvalue weighted by Gasteiger charge is 2.19. The molecule has 0 radical (unpaired) electrons. The van der Waals surface area contributed by atoms with Crippen molar-refractivity contribution < 1.29 is 18.7 Å². The van der Waals surface area contributed by atoms with Crippen molar-refractivity contribution in [3.63, 3.8) is 0 Å². The van der Waals surface area contributed by atoms with Crippen molar-refractivity contribution >= 4 is 45.8 Å². The van der Waals surface area contributed by atoms with E-state index in [2.05, 4.69) is 42.3 Å². The highest BCUT2D eigenvalue weighted by atomic mass is 16.5. The molecule has 0 aliphatic heterocycles. The predicted molar refractivity (Wildman–Crippen MR) is 182 cm³/mol. The lowest BCUT2D eigenvalue weighted by Crippen LogP contribution is -2.29. The number of likely N-dealkylation sites (N-methyl/N-ethyl adjacent to an activating group) is 2. The number of anilines is 5. The molecule has 0 fully saturated rings. The van der Waals surface area contributed by atoms with Crippen LogP contribution in [0.15, 0.2) is 72.0 Å². The molecule has 5 rings (SSSR count). The SMILES string of the molecule is C=CC(=O)Nc1cc(Nc2nccc(-c3[nH]c(NCCOC)nc3-c3ccc4ccoc4c3)n2)c(OC)cc1N(C)CCN(C)C. The monoisotopic (exact) mass is 625 g/mol. The minimum atomic E-state index is -0.328. The number of furan rings is 1. The molecular formula is C33H39N9O4. The smallest absolute Gasteiger partial charge is 0.247 e. The van der Waals surface area contributed by atoms with E-state index in [0.717, 1.165) is 35.3 Å². The highest BCUT2D eigenvalue weighted by Crippen LogP contribution is 2.38. The van der Waals surface area contributed by atoms with E-state index < -0.39 is 0 Å². The highest BCUT2D eigenvalue weighted by molar-refractivity contribution is 6.02. The number of hydrogen-bond donors (Lipinski definition) is 4. The molecule has 0 unspecified atom stereocenters. The number of aromatic nitrogens is 4. The summed E-state index contributed by atoms with van der Waals surface area (Å²) < 4.78 is 16.6. The Hall–Kier alpha value is -5.40. The third-order valence-electron chi connectivity index (χ3n) is 7.25. The van der Waals surface area contributed by atoms with Crippen molar-refractivity contribution in [3.05, 3.63) is 67.6 Å². The second-order valence-electron chi connectivity index (χ2n) is 10.8. The summed E-state index contributed by atoms with van der Waals surface area (Å²) in [5, 5.41) is 10.5. The predicted octanol–water partition coefficient (Wildman–Crippen LogP) is 5.21. The van der Waals surface area contributed by atoms with Crippen LogP contribution in [0.5, 0.6) is 5.75 Å². The van der Waals surface area contributed by atoms with Gasteiger partial charge in [-0.25, -0.2) is 15.0 Å². The first-order valence-electron chi connectivity index (χ1n) is 14.7. The third-order valence-corrected chi connectivity index (χ3v) is 7.25. The number of carbonyl (C=O) groups excluding carboxylic acids is 1. The fourth-order valence-corrected chi connectivity index (χ4v) is 4.81. The van der Waals surface area contributed by atoms with Gasteiger partial charge in [-0.2, -0.15) is 0 Å². The number of rotatable bonds is 15. The molecule has 46 heavy (non-hydrogen) atoms. The second kappa shape index (κ2) is 14.6. The van der Waals surface area contributed by atoms with Crippen LogP contribution in [0.25, 0.3) is 33.6 Å². The molecule has 3 aromatic heterocycles. The number of carbonyl (C=O) groups is 1. The van der Waals surface area contributed by atoms with Gasteiger partial charge in [-0.1, -0.05) is 18.7 Å². The van der Waals surface area contributed by atoms with Gasteiger partial charge in [0.15, 0.2) is 0 Å². The number of hydrogen-bond acceptors (Lipinski definition) is 11. The number of amides is 1. The first kappa shape index (κ1) is 32.0. The van der Waals surface area contributed by atoms with Crippen LogP contribution in [-0.2, 0) is 9.53 Å². The zero-order valence-electron chi connectivity index (χ0n) is 26.7. The van der Waals surface area contributed by atoms with Gasteiger partial charge >= 0.3 is 0 Å². The molecule has 240 valence electrons. The molecule has 0 bridgehead atoms. The van der Waals surface area contributed by atoms with Gasteiger partial charge < -0.3 is 44.6 Å². The van der Waals surface area contributed by atoms with E-state index in [0.29, 0.717) is 59.3 Å². The van der Waals surface area contributed by atoms with Gasteiger partial charge in [0.2, 0.25) is 17.8 Å². The van der Waals surface area contributed by atoms with E-state index in [1.807, 2.05) is 57.5 Å². The largest absolute Gasteiger partial charge is 0.494 e. The molecule has 1 amide bonds. The van der Waals surface area contributed by atoms with Crippen molar-refractivity contribution in [1.82, 2.24) is 24.8 Å². The Morgan fingerprint density at radius 2 is 1.91 bits per heavy atom. The van der Waals surface area contributed by atoms with Gasteiger partial charge in [-0.15, -0.1) is 0 Å². The number of aromatic amines is 1. The Balaban J connectivity index is 1.51. The number of methoxy groups -OCH3 is 2. The molecule has 0 aliphatic rings. The molecular weight excluding hydrogens is 586 g/mol. The van der Waals surface area contributed by atoms with Crippen LogP contribution in [0.3, 0.4) is 0 Å². The minimum Gasteiger partial charge on any atom is -0.494 e. The van der Waals surface area contributed by atoms with E-state index in [9.17, 15) is 4.79 Å². The van der Waals surface area contributed by atoms with Crippen LogP contribution in [0.2, 0.25) is 0 Å². The lowest BCUT2D eigenvalue weighted by Gasteiger charge is -2.26. The molecule has 0 spiro atoms. The number of imidazole rings is 1. The Bertz CT molecular complexity index is 1810. The first-order chi connectivity index (χ1) is 22.3. The maximum atomic E-state index is 12.4. The van der Waals surface area contributed by atoms with Gasteiger partial charge in [0.05, 0.1) is 48.4 Å². The maximum Gasteiger partial charge on any atom is 0.247 e. The number of benzene rings is 2. The van der Waals surface area contributed by atoms with Gasteiger partial charge in [0, 0.05) is 57.0 Å². The van der Waals surface area contributed by atoms with Crippen LogP contribution >= 0.6 is 0 Å². The van der Waals surface area contributed by atoms with Crippen LogP contribution in [0.4, 0.5) is 29.0 Å². The van der Waals surface area contributed by atoms with E-state index in [-0.39, 0.29) is 5.91 Å².